The summed E-state index contributed by atoms with van der Waals surface area (Å²) in [5.74, 6) is -0.779. The number of esters is 1. The maximum atomic E-state index is 13.2. The van der Waals surface area contributed by atoms with E-state index >= 15 is 0 Å². The van der Waals surface area contributed by atoms with Gasteiger partial charge in [-0.1, -0.05) is 17.7 Å². The lowest BCUT2D eigenvalue weighted by atomic mass is 9.96. The summed E-state index contributed by atoms with van der Waals surface area (Å²) in [5.41, 5.74) is 0.406. The molecule has 1 aromatic rings. The second-order valence-corrected chi connectivity index (χ2v) is 10.4. The van der Waals surface area contributed by atoms with E-state index < -0.39 is 31.8 Å². The minimum Gasteiger partial charge on any atom is -0.463 e. The first-order valence-electron chi connectivity index (χ1n) is 8.59. The van der Waals surface area contributed by atoms with Gasteiger partial charge in [-0.25, -0.2) is 17.6 Å². The van der Waals surface area contributed by atoms with Crippen molar-refractivity contribution in [2.24, 2.45) is 0 Å². The van der Waals surface area contributed by atoms with E-state index in [1.54, 1.807) is 24.8 Å². The first kappa shape index (κ1) is 20.6. The number of benzene rings is 1. The van der Waals surface area contributed by atoms with Crippen molar-refractivity contribution in [3.05, 3.63) is 46.3 Å². The van der Waals surface area contributed by atoms with Crippen LogP contribution < -0.4 is 0 Å². The van der Waals surface area contributed by atoms with Gasteiger partial charge >= 0.3 is 5.97 Å². The lowest BCUT2D eigenvalue weighted by Crippen LogP contribution is -2.38. The van der Waals surface area contributed by atoms with Gasteiger partial charge in [-0.2, -0.15) is 0 Å². The SMILES string of the molecule is CCOC(=O)C1=CC2(CCC1S(=O)(=O)Cc1ccc(F)cc1Cl)OCCS2. The minimum atomic E-state index is -3.77. The third-order valence-electron chi connectivity index (χ3n) is 4.57. The van der Waals surface area contributed by atoms with Crippen molar-refractivity contribution >= 4 is 39.2 Å². The van der Waals surface area contributed by atoms with Crippen LogP contribution in [0.1, 0.15) is 25.3 Å². The molecule has 0 amide bonds. The van der Waals surface area contributed by atoms with Crippen molar-refractivity contribution in [2.75, 3.05) is 19.0 Å². The number of hydrogen-bond donors (Lipinski definition) is 0. The van der Waals surface area contributed by atoms with Gasteiger partial charge in [0.1, 0.15) is 10.8 Å². The van der Waals surface area contributed by atoms with Gasteiger partial charge in [-0.15, -0.1) is 11.8 Å². The Kier molecular flexibility index (Phi) is 6.20. The maximum absolute atomic E-state index is 13.2. The van der Waals surface area contributed by atoms with E-state index in [4.69, 9.17) is 21.1 Å². The van der Waals surface area contributed by atoms with Crippen LogP contribution in [0.15, 0.2) is 29.8 Å². The van der Waals surface area contributed by atoms with Gasteiger partial charge in [-0.3, -0.25) is 0 Å². The second-order valence-electron chi connectivity index (χ2n) is 6.40. The highest BCUT2D eigenvalue weighted by Gasteiger charge is 2.45. The molecule has 27 heavy (non-hydrogen) atoms. The molecule has 1 aliphatic carbocycles. The molecular formula is C18H20ClFO5S2. The van der Waals surface area contributed by atoms with E-state index in [0.717, 1.165) is 17.9 Å². The van der Waals surface area contributed by atoms with Crippen molar-refractivity contribution < 1.29 is 27.1 Å². The predicted molar refractivity (Wildman–Crippen MR) is 103 cm³/mol. The number of sulfone groups is 1. The van der Waals surface area contributed by atoms with E-state index in [1.807, 2.05) is 0 Å². The van der Waals surface area contributed by atoms with Crippen LogP contribution in [-0.2, 0) is 29.9 Å². The van der Waals surface area contributed by atoms with Crippen molar-refractivity contribution in [1.82, 2.24) is 0 Å². The highest BCUT2D eigenvalue weighted by Crippen LogP contribution is 2.45. The smallest absolute Gasteiger partial charge is 0.335 e. The number of carbonyl (C=O) groups excluding carboxylic acids is 1. The number of halogens is 2. The zero-order chi connectivity index (χ0) is 19.7. The molecule has 0 radical (unpaired) electrons. The summed E-state index contributed by atoms with van der Waals surface area (Å²) in [7, 11) is -3.77. The summed E-state index contributed by atoms with van der Waals surface area (Å²) in [6.45, 7) is 2.37. The fraction of sp³-hybridized carbons (Fsp3) is 0.500. The van der Waals surface area contributed by atoms with Crippen LogP contribution in [0, 0.1) is 5.82 Å². The maximum Gasteiger partial charge on any atom is 0.335 e. The van der Waals surface area contributed by atoms with Crippen LogP contribution in [0.4, 0.5) is 4.39 Å². The largest absolute Gasteiger partial charge is 0.463 e. The first-order chi connectivity index (χ1) is 12.8. The van der Waals surface area contributed by atoms with Gasteiger partial charge < -0.3 is 9.47 Å². The van der Waals surface area contributed by atoms with Crippen LogP contribution >= 0.6 is 23.4 Å². The highest BCUT2D eigenvalue weighted by atomic mass is 35.5. The van der Waals surface area contributed by atoms with E-state index in [-0.39, 0.29) is 29.4 Å². The summed E-state index contributed by atoms with van der Waals surface area (Å²) in [6, 6.07) is 3.59. The topological polar surface area (TPSA) is 69.7 Å². The molecule has 0 saturated carbocycles. The van der Waals surface area contributed by atoms with E-state index in [0.29, 0.717) is 18.6 Å². The lowest BCUT2D eigenvalue weighted by molar-refractivity contribution is -0.138. The Morgan fingerprint density at radius 2 is 2.26 bits per heavy atom. The zero-order valence-corrected chi connectivity index (χ0v) is 17.1. The fourth-order valence-corrected chi connectivity index (χ4v) is 6.70. The van der Waals surface area contributed by atoms with E-state index in [2.05, 4.69) is 0 Å². The van der Waals surface area contributed by atoms with Gasteiger partial charge in [-0.05, 0) is 43.5 Å². The molecular weight excluding hydrogens is 415 g/mol. The standard InChI is InChI=1S/C18H20ClFO5S2/c1-2-24-17(21)14-10-18(25-7-8-26-18)6-5-16(14)27(22,23)11-12-3-4-13(20)9-15(12)19/h3-4,9-10,16H,2,5-8,11H2,1H3. The summed E-state index contributed by atoms with van der Waals surface area (Å²) >= 11 is 7.55. The third-order valence-corrected chi connectivity index (χ3v) is 8.29. The Labute approximate surface area is 167 Å². The Hall–Kier alpha value is -1.09. The van der Waals surface area contributed by atoms with Crippen LogP contribution in [0.2, 0.25) is 5.02 Å². The number of rotatable bonds is 5. The van der Waals surface area contributed by atoms with Crippen molar-refractivity contribution in [3.63, 3.8) is 0 Å². The Bertz CT molecular complexity index is 863. The van der Waals surface area contributed by atoms with Gasteiger partial charge in [0.2, 0.25) is 0 Å². The monoisotopic (exact) mass is 434 g/mol. The van der Waals surface area contributed by atoms with Crippen molar-refractivity contribution in [3.8, 4) is 0 Å². The molecule has 2 unspecified atom stereocenters. The molecule has 148 valence electrons. The molecule has 9 heteroatoms. The second kappa shape index (κ2) is 8.11. The van der Waals surface area contributed by atoms with Gasteiger partial charge in [0, 0.05) is 10.8 Å². The summed E-state index contributed by atoms with van der Waals surface area (Å²) < 4.78 is 50.2. The quantitative estimate of drug-likeness (QED) is 0.660. The number of hydrogen-bond acceptors (Lipinski definition) is 6. The summed E-state index contributed by atoms with van der Waals surface area (Å²) in [5, 5.41) is -0.963. The van der Waals surface area contributed by atoms with Crippen molar-refractivity contribution in [2.45, 2.75) is 35.7 Å². The Morgan fingerprint density at radius 1 is 1.48 bits per heavy atom. The normalized spacial score (nSPS) is 25.4. The van der Waals surface area contributed by atoms with Crippen LogP contribution in [0.3, 0.4) is 0 Å². The zero-order valence-electron chi connectivity index (χ0n) is 14.7. The first-order valence-corrected chi connectivity index (χ1v) is 11.7. The molecule has 5 nitrogen and oxygen atoms in total. The fourth-order valence-electron chi connectivity index (χ4n) is 3.32. The van der Waals surface area contributed by atoms with E-state index in [9.17, 15) is 17.6 Å². The van der Waals surface area contributed by atoms with Gasteiger partial charge in [0.05, 0.1) is 29.8 Å². The minimum absolute atomic E-state index is 0.0437. The number of ether oxygens (including phenoxy) is 2. The Morgan fingerprint density at radius 3 is 2.89 bits per heavy atom. The molecule has 1 aromatic carbocycles. The van der Waals surface area contributed by atoms with Gasteiger partial charge in [0.15, 0.2) is 9.84 Å². The Balaban J connectivity index is 1.93. The van der Waals surface area contributed by atoms with Crippen LogP contribution in [0.25, 0.3) is 0 Å². The molecule has 2 atom stereocenters. The number of thioether (sulfide) groups is 1. The lowest BCUT2D eigenvalue weighted by Gasteiger charge is -2.33. The average Bonchev–Trinajstić information content (AvgIpc) is 3.05. The summed E-state index contributed by atoms with van der Waals surface area (Å²) in [4.78, 5) is 11.8. The molecule has 3 rings (SSSR count). The van der Waals surface area contributed by atoms with Crippen LogP contribution in [-0.4, -0.2) is 43.5 Å². The van der Waals surface area contributed by atoms with Crippen LogP contribution in [0.5, 0.6) is 0 Å². The molecule has 2 aliphatic rings. The molecule has 1 aliphatic heterocycles. The molecule has 0 aromatic heterocycles. The number of carbonyl (C=O) groups is 1. The van der Waals surface area contributed by atoms with Gasteiger partial charge in [0.25, 0.3) is 0 Å². The molecule has 1 spiro atoms. The molecule has 1 heterocycles. The molecule has 0 bridgehead atoms. The predicted octanol–water partition coefficient (Wildman–Crippen LogP) is 3.51. The average molecular weight is 435 g/mol. The molecule has 1 fully saturated rings. The highest BCUT2D eigenvalue weighted by molar-refractivity contribution is 8.00. The molecule has 1 saturated heterocycles. The third kappa shape index (κ3) is 4.50. The molecule has 0 N–H and O–H groups in total. The van der Waals surface area contributed by atoms with E-state index in [1.165, 1.54) is 6.07 Å². The summed E-state index contributed by atoms with van der Waals surface area (Å²) in [6.07, 6.45) is 2.35. The van der Waals surface area contributed by atoms with Crippen molar-refractivity contribution in [1.29, 1.82) is 0 Å².